The molecule has 1 amide bonds. The van der Waals surface area contributed by atoms with Crippen LogP contribution in [0.25, 0.3) is 0 Å². The second kappa shape index (κ2) is 2.62. The summed E-state index contributed by atoms with van der Waals surface area (Å²) in [5, 5.41) is 0. The molecule has 12 heavy (non-hydrogen) atoms. The van der Waals surface area contributed by atoms with Crippen molar-refractivity contribution in [2.24, 2.45) is 5.73 Å². The Morgan fingerprint density at radius 3 is 2.83 bits per heavy atom. The van der Waals surface area contributed by atoms with Crippen LogP contribution in [0.15, 0.2) is 12.5 Å². The molecule has 0 saturated heterocycles. The van der Waals surface area contributed by atoms with E-state index < -0.39 is 5.91 Å². The van der Waals surface area contributed by atoms with Crippen LogP contribution in [0.1, 0.15) is 35.8 Å². The van der Waals surface area contributed by atoms with Gasteiger partial charge in [0.2, 0.25) is 0 Å². The third-order valence-corrected chi connectivity index (χ3v) is 2.35. The third-order valence-electron chi connectivity index (χ3n) is 2.35. The van der Waals surface area contributed by atoms with Gasteiger partial charge in [-0.05, 0) is 19.3 Å². The van der Waals surface area contributed by atoms with Gasteiger partial charge >= 0.3 is 0 Å². The summed E-state index contributed by atoms with van der Waals surface area (Å²) in [6.07, 6.45) is 7.06. The number of nitrogens with two attached hydrogens (primary N) is 1. The molecule has 4 heteroatoms. The summed E-state index contributed by atoms with van der Waals surface area (Å²) in [5.41, 5.74) is 5.43. The van der Waals surface area contributed by atoms with Crippen LogP contribution in [0.4, 0.5) is 0 Å². The van der Waals surface area contributed by atoms with Crippen molar-refractivity contribution in [1.82, 2.24) is 9.55 Å². The second-order valence-electron chi connectivity index (χ2n) is 3.16. The molecule has 1 fully saturated rings. The zero-order valence-electron chi connectivity index (χ0n) is 6.73. The molecule has 0 aliphatic heterocycles. The van der Waals surface area contributed by atoms with Gasteiger partial charge in [0, 0.05) is 12.2 Å². The number of hydrogen-bond acceptors (Lipinski definition) is 2. The lowest BCUT2D eigenvalue weighted by molar-refractivity contribution is 0.0996. The zero-order chi connectivity index (χ0) is 8.55. The average Bonchev–Trinajstić information content (AvgIpc) is 2.32. The van der Waals surface area contributed by atoms with Crippen molar-refractivity contribution < 1.29 is 4.79 Å². The Morgan fingerprint density at radius 1 is 1.67 bits per heavy atom. The van der Waals surface area contributed by atoms with Crippen LogP contribution in [0.2, 0.25) is 0 Å². The maximum absolute atomic E-state index is 10.7. The predicted octanol–water partition coefficient (Wildman–Crippen LogP) is 0.707. The standard InChI is InChI=1S/C8H11N3O/c9-8(12)7-4-11(5-10-7)6-2-1-3-6/h4-6H,1-3H2,(H2,9,12). The molecule has 2 N–H and O–H groups in total. The molecule has 64 valence electrons. The van der Waals surface area contributed by atoms with Crippen molar-refractivity contribution in [2.75, 3.05) is 0 Å². The molecule has 1 aliphatic rings. The molecule has 0 radical (unpaired) electrons. The highest BCUT2D eigenvalue weighted by Crippen LogP contribution is 2.31. The van der Waals surface area contributed by atoms with Crippen LogP contribution in [0.3, 0.4) is 0 Å². The Morgan fingerprint density at radius 2 is 2.42 bits per heavy atom. The van der Waals surface area contributed by atoms with E-state index in [1.54, 1.807) is 12.5 Å². The van der Waals surface area contributed by atoms with Gasteiger partial charge in [-0.1, -0.05) is 0 Å². The van der Waals surface area contributed by atoms with Crippen LogP contribution in [0, 0.1) is 0 Å². The van der Waals surface area contributed by atoms with Crippen molar-refractivity contribution >= 4 is 5.91 Å². The van der Waals surface area contributed by atoms with E-state index in [1.165, 1.54) is 19.3 Å². The summed E-state index contributed by atoms with van der Waals surface area (Å²) < 4.78 is 1.98. The smallest absolute Gasteiger partial charge is 0.268 e. The summed E-state index contributed by atoms with van der Waals surface area (Å²) in [5.74, 6) is -0.451. The fourth-order valence-electron chi connectivity index (χ4n) is 1.35. The second-order valence-corrected chi connectivity index (χ2v) is 3.16. The molecule has 0 atom stereocenters. The number of rotatable bonds is 2. The van der Waals surface area contributed by atoms with Gasteiger partial charge in [-0.2, -0.15) is 0 Å². The molecule has 4 nitrogen and oxygen atoms in total. The van der Waals surface area contributed by atoms with Gasteiger partial charge < -0.3 is 10.3 Å². The summed E-state index contributed by atoms with van der Waals surface area (Å²) in [6.45, 7) is 0. The largest absolute Gasteiger partial charge is 0.364 e. The van der Waals surface area contributed by atoms with Crippen molar-refractivity contribution in [3.8, 4) is 0 Å². The van der Waals surface area contributed by atoms with E-state index in [1.807, 2.05) is 4.57 Å². The van der Waals surface area contributed by atoms with Gasteiger partial charge in [-0.25, -0.2) is 4.98 Å². The summed E-state index contributed by atoms with van der Waals surface area (Å²) in [6, 6.07) is 0.547. The quantitative estimate of drug-likeness (QED) is 0.701. The van der Waals surface area contributed by atoms with Crippen LogP contribution < -0.4 is 5.73 Å². The highest BCUT2D eigenvalue weighted by atomic mass is 16.1. The molecule has 1 aliphatic carbocycles. The minimum atomic E-state index is -0.451. The zero-order valence-corrected chi connectivity index (χ0v) is 6.73. The molecule has 0 aromatic carbocycles. The normalized spacial score (nSPS) is 17.3. The molecule has 0 bridgehead atoms. The van der Waals surface area contributed by atoms with E-state index in [9.17, 15) is 4.79 Å². The molecule has 2 rings (SSSR count). The maximum Gasteiger partial charge on any atom is 0.268 e. The van der Waals surface area contributed by atoms with E-state index >= 15 is 0 Å². The van der Waals surface area contributed by atoms with Crippen molar-refractivity contribution in [2.45, 2.75) is 25.3 Å². The van der Waals surface area contributed by atoms with E-state index in [2.05, 4.69) is 4.98 Å². The monoisotopic (exact) mass is 165 g/mol. The number of carbonyl (C=O) groups excluding carboxylic acids is 1. The lowest BCUT2D eigenvalue weighted by Crippen LogP contribution is -2.16. The SMILES string of the molecule is NC(=O)c1cn(C2CCC2)cn1. The molecule has 0 spiro atoms. The summed E-state index contributed by atoms with van der Waals surface area (Å²) in [4.78, 5) is 14.6. The fourth-order valence-corrected chi connectivity index (χ4v) is 1.35. The molecule has 1 aromatic heterocycles. The first-order valence-corrected chi connectivity index (χ1v) is 4.10. The van der Waals surface area contributed by atoms with Crippen molar-refractivity contribution in [1.29, 1.82) is 0 Å². The van der Waals surface area contributed by atoms with E-state index in [0.717, 1.165) is 0 Å². The number of hydrogen-bond donors (Lipinski definition) is 1. The molecular weight excluding hydrogens is 154 g/mol. The molecule has 1 aromatic rings. The number of aromatic nitrogens is 2. The number of carbonyl (C=O) groups is 1. The highest BCUT2D eigenvalue weighted by Gasteiger charge is 2.19. The molecular formula is C8H11N3O. The number of amides is 1. The Hall–Kier alpha value is -1.32. The lowest BCUT2D eigenvalue weighted by atomic mass is 9.93. The summed E-state index contributed by atoms with van der Waals surface area (Å²) in [7, 11) is 0. The first-order valence-electron chi connectivity index (χ1n) is 4.10. The Bertz CT molecular complexity index is 301. The van der Waals surface area contributed by atoms with Crippen LogP contribution in [0.5, 0.6) is 0 Å². The lowest BCUT2D eigenvalue weighted by Gasteiger charge is -2.26. The Labute approximate surface area is 70.4 Å². The van der Waals surface area contributed by atoms with Gasteiger partial charge in [0.15, 0.2) is 0 Å². The number of imidazole rings is 1. The van der Waals surface area contributed by atoms with Crippen LogP contribution in [-0.4, -0.2) is 15.5 Å². The van der Waals surface area contributed by atoms with Gasteiger partial charge in [0.05, 0.1) is 6.33 Å². The van der Waals surface area contributed by atoms with Crippen molar-refractivity contribution in [3.63, 3.8) is 0 Å². The van der Waals surface area contributed by atoms with E-state index in [0.29, 0.717) is 11.7 Å². The third kappa shape index (κ3) is 1.09. The minimum Gasteiger partial charge on any atom is -0.364 e. The van der Waals surface area contributed by atoms with E-state index in [-0.39, 0.29) is 0 Å². The number of nitrogens with zero attached hydrogens (tertiary/aromatic N) is 2. The minimum absolute atomic E-state index is 0.363. The number of primary amides is 1. The molecule has 0 unspecified atom stereocenters. The van der Waals surface area contributed by atoms with Crippen LogP contribution in [-0.2, 0) is 0 Å². The highest BCUT2D eigenvalue weighted by molar-refractivity contribution is 5.90. The Kier molecular flexibility index (Phi) is 1.60. The van der Waals surface area contributed by atoms with Gasteiger partial charge in [-0.15, -0.1) is 0 Å². The van der Waals surface area contributed by atoms with Gasteiger partial charge in [-0.3, -0.25) is 4.79 Å². The first-order chi connectivity index (χ1) is 5.77. The van der Waals surface area contributed by atoms with Gasteiger partial charge in [0.25, 0.3) is 5.91 Å². The Balaban J connectivity index is 2.17. The maximum atomic E-state index is 10.7. The molecule has 1 saturated carbocycles. The topological polar surface area (TPSA) is 60.9 Å². The van der Waals surface area contributed by atoms with E-state index in [4.69, 9.17) is 5.73 Å². The first kappa shape index (κ1) is 7.34. The van der Waals surface area contributed by atoms with Crippen molar-refractivity contribution in [3.05, 3.63) is 18.2 Å². The van der Waals surface area contributed by atoms with Gasteiger partial charge in [0.1, 0.15) is 5.69 Å². The summed E-state index contributed by atoms with van der Waals surface area (Å²) >= 11 is 0. The van der Waals surface area contributed by atoms with Crippen LogP contribution >= 0.6 is 0 Å². The fraction of sp³-hybridized carbons (Fsp3) is 0.500. The predicted molar refractivity (Wildman–Crippen MR) is 43.6 cm³/mol. The molecule has 1 heterocycles. The average molecular weight is 165 g/mol.